The van der Waals surface area contributed by atoms with Crippen LogP contribution in [0, 0.1) is 23.2 Å². The Balaban J connectivity index is 1.29. The van der Waals surface area contributed by atoms with Crippen LogP contribution in [0.25, 0.3) is 0 Å². The van der Waals surface area contributed by atoms with Gasteiger partial charge in [-0.25, -0.2) is 0 Å². The molecule has 2 unspecified atom stereocenters. The van der Waals surface area contributed by atoms with E-state index in [0.717, 1.165) is 30.3 Å². The van der Waals surface area contributed by atoms with Crippen molar-refractivity contribution < 1.29 is 0 Å². The number of hydrogen-bond acceptors (Lipinski definition) is 1. The Labute approximate surface area is 158 Å². The van der Waals surface area contributed by atoms with Crippen LogP contribution in [-0.2, 0) is 6.54 Å². The first-order chi connectivity index (χ1) is 12.8. The normalized spacial score (nSPS) is 44.2. The van der Waals surface area contributed by atoms with E-state index in [2.05, 4.69) is 41.3 Å². The van der Waals surface area contributed by atoms with Gasteiger partial charge in [0.15, 0.2) is 0 Å². The molecule has 2 aliphatic heterocycles. The maximum absolute atomic E-state index is 2.85. The Bertz CT molecular complexity index is 667. The summed E-state index contributed by atoms with van der Waals surface area (Å²) < 4.78 is 0. The summed E-state index contributed by atoms with van der Waals surface area (Å²) in [7, 11) is 0. The van der Waals surface area contributed by atoms with Gasteiger partial charge in [-0.15, -0.1) is 0 Å². The smallest absolute Gasteiger partial charge is 0.0287 e. The molecule has 0 aromatic heterocycles. The average Bonchev–Trinajstić information content (AvgIpc) is 2.61. The summed E-state index contributed by atoms with van der Waals surface area (Å²) in [6, 6.07) is 12.7. The van der Waals surface area contributed by atoms with E-state index in [1.54, 1.807) is 38.5 Å². The van der Waals surface area contributed by atoms with Crippen molar-refractivity contribution in [2.75, 3.05) is 0 Å². The van der Waals surface area contributed by atoms with Crippen molar-refractivity contribution in [1.82, 2.24) is 4.90 Å². The monoisotopic (exact) mass is 347 g/mol. The molecule has 5 fully saturated rings. The third-order valence-corrected chi connectivity index (χ3v) is 8.71. The van der Waals surface area contributed by atoms with Crippen LogP contribution in [0.15, 0.2) is 42.0 Å². The molecule has 2 atom stereocenters. The van der Waals surface area contributed by atoms with Crippen LogP contribution in [-0.4, -0.2) is 17.0 Å². The predicted octanol–water partition coefficient (Wildman–Crippen LogP) is 5.96. The molecule has 1 heteroatoms. The summed E-state index contributed by atoms with van der Waals surface area (Å²) >= 11 is 0. The second-order valence-corrected chi connectivity index (χ2v) is 10.4. The lowest BCUT2D eigenvalue weighted by molar-refractivity contribution is -0.0390. The fraction of sp³-hybridized carbons (Fsp3) is 0.680. The molecule has 1 nitrogen and oxygen atoms in total. The minimum Gasteiger partial charge on any atom is -0.289 e. The van der Waals surface area contributed by atoms with Gasteiger partial charge in [-0.3, -0.25) is 4.90 Å². The highest BCUT2D eigenvalue weighted by Crippen LogP contribution is 2.64. The van der Waals surface area contributed by atoms with Crippen LogP contribution in [0.5, 0.6) is 0 Å². The van der Waals surface area contributed by atoms with Crippen molar-refractivity contribution in [3.8, 4) is 0 Å². The molecule has 0 spiro atoms. The Morgan fingerprint density at radius 2 is 1.58 bits per heavy atom. The summed E-state index contributed by atoms with van der Waals surface area (Å²) in [5.74, 6) is 3.22. The molecule has 4 aliphatic carbocycles. The van der Waals surface area contributed by atoms with Crippen molar-refractivity contribution >= 4 is 0 Å². The lowest BCUT2D eigenvalue weighted by Gasteiger charge is -2.59. The molecule has 0 N–H and O–H groups in total. The number of rotatable bonds is 3. The van der Waals surface area contributed by atoms with Crippen molar-refractivity contribution in [2.24, 2.45) is 23.2 Å². The van der Waals surface area contributed by atoms with Crippen LogP contribution in [0.4, 0.5) is 0 Å². The fourth-order valence-electron chi connectivity index (χ4n) is 8.06. The second-order valence-electron chi connectivity index (χ2n) is 10.4. The third-order valence-electron chi connectivity index (χ3n) is 8.71. The number of benzene rings is 1. The fourth-order valence-corrected chi connectivity index (χ4v) is 8.06. The molecule has 1 aromatic carbocycles. The van der Waals surface area contributed by atoms with E-state index in [9.17, 15) is 0 Å². The standard InChI is InChI=1S/C25H33N/c1-2-5-18(6-3-1)17-26-23-7-4-8-24(26)13-22(12-23)25-14-19-9-20(15-25)11-21(10-19)16-25/h1-3,5-6,12,19-21,23-24H,4,7-11,13-17H2. The zero-order valence-electron chi connectivity index (χ0n) is 16.1. The number of fused-ring (bicyclic) bond motifs is 2. The van der Waals surface area contributed by atoms with Gasteiger partial charge in [-0.1, -0.05) is 48.4 Å². The van der Waals surface area contributed by atoms with Gasteiger partial charge in [-0.05, 0) is 86.5 Å². The highest BCUT2D eigenvalue weighted by molar-refractivity contribution is 5.28. The zero-order chi connectivity index (χ0) is 17.1. The van der Waals surface area contributed by atoms with Crippen molar-refractivity contribution in [3.63, 3.8) is 0 Å². The van der Waals surface area contributed by atoms with Gasteiger partial charge in [0.1, 0.15) is 0 Å². The van der Waals surface area contributed by atoms with Crippen LogP contribution in [0.2, 0.25) is 0 Å². The quantitative estimate of drug-likeness (QED) is 0.610. The first-order valence-corrected chi connectivity index (χ1v) is 11.3. The lowest BCUT2D eigenvalue weighted by Crippen LogP contribution is -2.52. The van der Waals surface area contributed by atoms with Crippen molar-refractivity contribution in [3.05, 3.63) is 47.5 Å². The Morgan fingerprint density at radius 1 is 0.885 bits per heavy atom. The van der Waals surface area contributed by atoms with Gasteiger partial charge in [0.25, 0.3) is 0 Å². The highest BCUT2D eigenvalue weighted by Gasteiger charge is 2.53. The van der Waals surface area contributed by atoms with E-state index in [1.807, 2.05) is 5.57 Å². The van der Waals surface area contributed by atoms with E-state index in [1.165, 1.54) is 31.2 Å². The topological polar surface area (TPSA) is 3.24 Å². The molecule has 1 saturated heterocycles. The molecule has 0 radical (unpaired) electrons. The summed E-state index contributed by atoms with van der Waals surface area (Å²) in [6.45, 7) is 1.15. The molecule has 26 heavy (non-hydrogen) atoms. The maximum atomic E-state index is 2.85. The van der Waals surface area contributed by atoms with Gasteiger partial charge < -0.3 is 0 Å². The highest BCUT2D eigenvalue weighted by atomic mass is 15.2. The number of piperidine rings is 1. The van der Waals surface area contributed by atoms with Crippen LogP contribution in [0.3, 0.4) is 0 Å². The van der Waals surface area contributed by atoms with Gasteiger partial charge in [0.05, 0.1) is 0 Å². The predicted molar refractivity (Wildman–Crippen MR) is 107 cm³/mol. The van der Waals surface area contributed by atoms with Gasteiger partial charge >= 0.3 is 0 Å². The summed E-state index contributed by atoms with van der Waals surface area (Å²) in [4.78, 5) is 2.85. The van der Waals surface area contributed by atoms with E-state index in [-0.39, 0.29) is 0 Å². The van der Waals surface area contributed by atoms with Crippen molar-refractivity contribution in [2.45, 2.75) is 82.8 Å². The molecule has 6 aliphatic rings. The Morgan fingerprint density at radius 3 is 2.23 bits per heavy atom. The minimum atomic E-state index is 0.640. The maximum Gasteiger partial charge on any atom is 0.0287 e. The zero-order valence-corrected chi connectivity index (χ0v) is 16.1. The third kappa shape index (κ3) is 2.53. The molecule has 138 valence electrons. The molecule has 7 rings (SSSR count). The lowest BCUT2D eigenvalue weighted by atomic mass is 9.47. The molecule has 0 amide bonds. The SMILES string of the molecule is C1=C(C23CC4CC(CC(C4)C2)C3)CC2CCCC1N2Cc1ccccc1. The molecular weight excluding hydrogens is 314 g/mol. The van der Waals surface area contributed by atoms with Crippen LogP contribution >= 0.6 is 0 Å². The molecule has 2 heterocycles. The second kappa shape index (κ2) is 5.96. The van der Waals surface area contributed by atoms with Crippen molar-refractivity contribution in [1.29, 1.82) is 0 Å². The largest absolute Gasteiger partial charge is 0.289 e. The first kappa shape index (κ1) is 15.9. The average molecular weight is 348 g/mol. The Kier molecular flexibility index (Phi) is 3.65. The van der Waals surface area contributed by atoms with E-state index >= 15 is 0 Å². The van der Waals surface area contributed by atoms with E-state index in [0.29, 0.717) is 11.5 Å². The summed E-state index contributed by atoms with van der Waals surface area (Å²) in [6.07, 6.45) is 17.8. The minimum absolute atomic E-state index is 0.640. The molecule has 6 bridgehead atoms. The van der Waals surface area contributed by atoms with Gasteiger partial charge in [-0.2, -0.15) is 0 Å². The molecule has 1 aromatic rings. The molecule has 4 saturated carbocycles. The molecular formula is C25H33N. The number of hydrogen-bond donors (Lipinski definition) is 0. The first-order valence-electron chi connectivity index (χ1n) is 11.3. The van der Waals surface area contributed by atoms with Gasteiger partial charge in [0.2, 0.25) is 0 Å². The summed E-state index contributed by atoms with van der Waals surface area (Å²) in [5.41, 5.74) is 4.06. The summed E-state index contributed by atoms with van der Waals surface area (Å²) in [5, 5.41) is 0. The van der Waals surface area contributed by atoms with Gasteiger partial charge in [0, 0.05) is 18.6 Å². The number of nitrogens with zero attached hydrogens (tertiary/aromatic N) is 1. The van der Waals surface area contributed by atoms with E-state index < -0.39 is 0 Å². The Hall–Kier alpha value is -1.08. The van der Waals surface area contributed by atoms with Crippen LogP contribution < -0.4 is 0 Å². The van der Waals surface area contributed by atoms with Crippen LogP contribution in [0.1, 0.15) is 69.8 Å². The van der Waals surface area contributed by atoms with E-state index in [4.69, 9.17) is 0 Å².